The number of hydrogen-bond acceptors (Lipinski definition) is 4. The minimum atomic E-state index is -0.316. The van der Waals surface area contributed by atoms with Crippen LogP contribution in [0.3, 0.4) is 0 Å². The Morgan fingerprint density at radius 3 is 1.37 bits per heavy atom. The largest absolute Gasteiger partial charge is 0.313 e. The van der Waals surface area contributed by atoms with Gasteiger partial charge in [-0.15, -0.1) is 0 Å². The summed E-state index contributed by atoms with van der Waals surface area (Å²) in [6, 6.07) is 19.8. The first-order valence-electron chi connectivity index (χ1n) is 15.8. The summed E-state index contributed by atoms with van der Waals surface area (Å²) in [6.07, 6.45) is 1.62. The molecule has 0 N–H and O–H groups in total. The molecule has 0 bridgehead atoms. The number of aryl methyl sites for hydroxylation is 8. The average Bonchev–Trinajstić information content (AvgIpc) is 3.78. The molecule has 12 heteroatoms. The van der Waals surface area contributed by atoms with E-state index in [1.165, 1.54) is 0 Å². The van der Waals surface area contributed by atoms with Crippen molar-refractivity contribution < 1.29 is 9.59 Å². The summed E-state index contributed by atoms with van der Waals surface area (Å²) in [5, 5.41) is 8.86. The van der Waals surface area contributed by atoms with Gasteiger partial charge in [-0.3, -0.25) is 19.0 Å². The molecule has 0 radical (unpaired) electrons. The number of aromatic nitrogens is 8. The van der Waals surface area contributed by atoms with Crippen molar-refractivity contribution in [2.75, 3.05) is 0 Å². The van der Waals surface area contributed by atoms with E-state index in [4.69, 9.17) is 0 Å². The fourth-order valence-electron chi connectivity index (χ4n) is 6.21. The van der Waals surface area contributed by atoms with Gasteiger partial charge in [-0.2, -0.15) is 20.2 Å². The summed E-state index contributed by atoms with van der Waals surface area (Å²) in [5.41, 5.74) is 7.74. The van der Waals surface area contributed by atoms with Crippen molar-refractivity contribution in [2.24, 2.45) is 24.1 Å². The number of benzene rings is 2. The lowest BCUT2D eigenvalue weighted by Gasteiger charge is -2.08. The third-order valence-corrected chi connectivity index (χ3v) is 8.41. The Labute approximate surface area is 266 Å². The number of imidazole rings is 2. The molecule has 0 saturated carbocycles. The van der Waals surface area contributed by atoms with Crippen LogP contribution >= 0.6 is 0 Å². The van der Waals surface area contributed by atoms with Gasteiger partial charge >= 0.3 is 0 Å². The molecule has 0 fully saturated rings. The standard InChI is InChI=1S/C34H40N10O2/c1-7-43-29(21-23(3)37-43)31(45)35-33-39(5)25-15-9-11-17-27(25)41(33)19-13-14-20-42-28-18-12-10-16-26(28)40(6)34(42)36-32(46)30-22-24(4)38-44(30)8-2/h9-12,15-18,21-22H,7-8,13-14,19-20H2,1-6H3. The third-order valence-electron chi connectivity index (χ3n) is 8.41. The van der Waals surface area contributed by atoms with Crippen LogP contribution in [0.1, 0.15) is 59.1 Å². The van der Waals surface area contributed by atoms with Gasteiger partial charge in [0.2, 0.25) is 11.2 Å². The Bertz CT molecular complexity index is 2070. The van der Waals surface area contributed by atoms with E-state index in [-0.39, 0.29) is 11.8 Å². The van der Waals surface area contributed by atoms with Crippen LogP contribution in [-0.2, 0) is 40.3 Å². The number of carbonyl (C=O) groups is 2. The summed E-state index contributed by atoms with van der Waals surface area (Å²) >= 11 is 0. The molecule has 4 aromatic heterocycles. The average molecular weight is 621 g/mol. The molecule has 12 nitrogen and oxygen atoms in total. The molecule has 0 atom stereocenters. The van der Waals surface area contributed by atoms with Crippen molar-refractivity contribution in [3.8, 4) is 0 Å². The zero-order valence-corrected chi connectivity index (χ0v) is 27.3. The Morgan fingerprint density at radius 1 is 0.630 bits per heavy atom. The Hall–Kier alpha value is -5.26. The molecule has 0 aliphatic heterocycles. The molecule has 2 aromatic carbocycles. The van der Waals surface area contributed by atoms with Gasteiger partial charge in [0.25, 0.3) is 11.8 Å². The molecule has 4 heterocycles. The number of unbranched alkanes of at least 4 members (excludes halogenated alkanes) is 1. The van der Waals surface area contributed by atoms with Gasteiger partial charge in [-0.05, 0) is 76.9 Å². The van der Waals surface area contributed by atoms with Crippen molar-refractivity contribution in [3.05, 3.63) is 94.7 Å². The number of para-hydroxylation sites is 4. The molecule has 46 heavy (non-hydrogen) atoms. The van der Waals surface area contributed by atoms with Gasteiger partial charge in [0.05, 0.1) is 33.5 Å². The molecule has 0 unspecified atom stereocenters. The summed E-state index contributed by atoms with van der Waals surface area (Å²) < 4.78 is 11.6. The van der Waals surface area contributed by atoms with Crippen LogP contribution in [0.25, 0.3) is 22.1 Å². The second-order valence-electron chi connectivity index (χ2n) is 11.5. The molecule has 2 amide bonds. The smallest absolute Gasteiger partial charge is 0.298 e. The van der Waals surface area contributed by atoms with Crippen molar-refractivity contribution >= 4 is 33.9 Å². The third kappa shape index (κ3) is 5.55. The maximum absolute atomic E-state index is 13.4. The monoisotopic (exact) mass is 620 g/mol. The lowest BCUT2D eigenvalue weighted by atomic mass is 10.2. The Kier molecular flexibility index (Phi) is 8.44. The van der Waals surface area contributed by atoms with Gasteiger partial charge in [0.1, 0.15) is 11.4 Å². The van der Waals surface area contributed by atoms with E-state index in [2.05, 4.69) is 41.4 Å². The first kappa shape index (κ1) is 30.8. The zero-order chi connectivity index (χ0) is 32.5. The van der Waals surface area contributed by atoms with E-state index in [0.717, 1.165) is 46.3 Å². The lowest BCUT2D eigenvalue weighted by molar-refractivity contribution is 0.0977. The zero-order valence-electron chi connectivity index (χ0n) is 27.3. The maximum Gasteiger partial charge on any atom is 0.298 e. The Balaban J connectivity index is 1.31. The first-order valence-corrected chi connectivity index (χ1v) is 15.8. The van der Waals surface area contributed by atoms with E-state index in [1.807, 2.05) is 87.3 Å². The maximum atomic E-state index is 13.4. The number of fused-ring (bicyclic) bond motifs is 2. The second kappa shape index (κ2) is 12.6. The second-order valence-corrected chi connectivity index (χ2v) is 11.5. The minimum Gasteiger partial charge on any atom is -0.313 e. The normalized spacial score (nSPS) is 12.7. The van der Waals surface area contributed by atoms with Gasteiger partial charge in [0.15, 0.2) is 0 Å². The number of hydrogen-bond donors (Lipinski definition) is 0. The Morgan fingerprint density at radius 2 is 1.00 bits per heavy atom. The SMILES string of the molecule is CCn1nc(C)cc1C(=O)N=c1n(C)c2ccccc2n1CCCCn1c(=NC(=O)c2cc(C)nn2CC)n(C)c2ccccc21. The minimum absolute atomic E-state index is 0.316. The van der Waals surface area contributed by atoms with Crippen LogP contribution in [-0.4, -0.2) is 49.6 Å². The van der Waals surface area contributed by atoms with Gasteiger partial charge < -0.3 is 18.3 Å². The van der Waals surface area contributed by atoms with Crippen molar-refractivity contribution in [2.45, 2.75) is 66.7 Å². The van der Waals surface area contributed by atoms with Crippen LogP contribution < -0.4 is 11.2 Å². The van der Waals surface area contributed by atoms with Crippen molar-refractivity contribution in [1.82, 2.24) is 37.8 Å². The predicted molar refractivity (Wildman–Crippen MR) is 176 cm³/mol. The lowest BCUT2D eigenvalue weighted by Crippen LogP contribution is -2.28. The number of nitrogens with zero attached hydrogens (tertiary/aromatic N) is 10. The topological polar surface area (TPSA) is 114 Å². The quantitative estimate of drug-likeness (QED) is 0.225. The van der Waals surface area contributed by atoms with E-state index in [1.54, 1.807) is 21.5 Å². The molecule has 0 aliphatic carbocycles. The fraction of sp³-hybridized carbons (Fsp3) is 0.353. The number of amides is 2. The van der Waals surface area contributed by atoms with Crippen LogP contribution in [0, 0.1) is 13.8 Å². The van der Waals surface area contributed by atoms with E-state index in [9.17, 15) is 9.59 Å². The van der Waals surface area contributed by atoms with E-state index >= 15 is 0 Å². The molecular weight excluding hydrogens is 580 g/mol. The number of rotatable bonds is 9. The van der Waals surface area contributed by atoms with E-state index < -0.39 is 0 Å². The highest BCUT2D eigenvalue weighted by Gasteiger charge is 2.17. The van der Waals surface area contributed by atoms with Crippen LogP contribution in [0.2, 0.25) is 0 Å². The van der Waals surface area contributed by atoms with Crippen molar-refractivity contribution in [3.63, 3.8) is 0 Å². The molecule has 238 valence electrons. The predicted octanol–water partition coefficient (Wildman–Crippen LogP) is 4.29. The van der Waals surface area contributed by atoms with Crippen molar-refractivity contribution in [1.29, 1.82) is 0 Å². The molecule has 0 spiro atoms. The van der Waals surface area contributed by atoms with Gasteiger partial charge in [-0.1, -0.05) is 24.3 Å². The summed E-state index contributed by atoms with van der Waals surface area (Å²) in [6.45, 7) is 10.2. The van der Waals surface area contributed by atoms with Gasteiger partial charge in [-0.25, -0.2) is 0 Å². The van der Waals surface area contributed by atoms with Gasteiger partial charge in [0, 0.05) is 40.3 Å². The highest BCUT2D eigenvalue weighted by atomic mass is 16.2. The van der Waals surface area contributed by atoms with Crippen LogP contribution in [0.4, 0.5) is 0 Å². The highest BCUT2D eigenvalue weighted by Crippen LogP contribution is 2.16. The molecule has 6 rings (SSSR count). The molecule has 0 saturated heterocycles. The van der Waals surface area contributed by atoms with Crippen LogP contribution in [0.5, 0.6) is 0 Å². The van der Waals surface area contributed by atoms with E-state index in [0.29, 0.717) is 48.8 Å². The summed E-state index contributed by atoms with van der Waals surface area (Å²) in [4.78, 5) is 36.0. The molecule has 6 aromatic rings. The van der Waals surface area contributed by atoms with Crippen LogP contribution in [0.15, 0.2) is 70.6 Å². The number of carbonyl (C=O) groups excluding carboxylic acids is 2. The summed E-state index contributed by atoms with van der Waals surface area (Å²) in [5.74, 6) is -0.632. The molecular formula is C34H40N10O2. The first-order chi connectivity index (χ1) is 22.2. The molecule has 0 aliphatic rings. The summed E-state index contributed by atoms with van der Waals surface area (Å²) in [7, 11) is 3.88. The fourth-order valence-corrected chi connectivity index (χ4v) is 6.21. The highest BCUT2D eigenvalue weighted by molar-refractivity contribution is 5.94.